The van der Waals surface area contributed by atoms with E-state index in [1.165, 1.54) is 0 Å². The van der Waals surface area contributed by atoms with Gasteiger partial charge in [-0.25, -0.2) is 26.0 Å². The van der Waals surface area contributed by atoms with Crippen LogP contribution in [0.5, 0.6) is 0 Å². The highest BCUT2D eigenvalue weighted by molar-refractivity contribution is 8.13. The molecule has 26 heavy (non-hydrogen) atoms. The Balaban J connectivity index is 0.000000868. The van der Waals surface area contributed by atoms with Gasteiger partial charge in [-0.15, -0.1) is 0 Å². The summed E-state index contributed by atoms with van der Waals surface area (Å²) < 4.78 is 214. The van der Waals surface area contributed by atoms with Gasteiger partial charge in [0.15, 0.2) is 20.0 Å². The van der Waals surface area contributed by atoms with E-state index in [1.807, 2.05) is 0 Å². The molecule has 0 unspecified atom stereocenters. The van der Waals surface area contributed by atoms with Crippen molar-refractivity contribution in [1.29, 1.82) is 0 Å². The maximum atomic E-state index is 11.4. The molecule has 0 aliphatic heterocycles. The van der Waals surface area contributed by atoms with E-state index in [1.54, 1.807) is 0 Å². The predicted octanol–water partition coefficient (Wildman–Crippen LogP) is 3.00. The molecule has 1 heterocycles. The minimum atomic E-state index is -6.72. The zero-order valence-corrected chi connectivity index (χ0v) is 13.4. The normalized spacial score (nSPS) is 24.4. The van der Waals surface area contributed by atoms with Crippen molar-refractivity contribution >= 4 is 20.0 Å². The highest BCUT2D eigenvalue weighted by Crippen LogP contribution is 2.36. The summed E-state index contributed by atoms with van der Waals surface area (Å²) in [7, 11) is -13.4. The lowest BCUT2D eigenvalue weighted by molar-refractivity contribution is -0.715. The third kappa shape index (κ3) is 6.75. The monoisotopic (exact) mass is 447 g/mol. The van der Waals surface area contributed by atoms with E-state index in [9.17, 15) is 43.2 Å². The number of nitrogens with zero attached hydrogens (tertiary/aromatic N) is 3. The van der Waals surface area contributed by atoms with Crippen LogP contribution >= 0.6 is 0 Å². The third-order valence-corrected chi connectivity index (χ3v) is 4.67. The number of sulfonamides is 2. The van der Waals surface area contributed by atoms with Gasteiger partial charge in [-0.2, -0.15) is 26.3 Å². The molecule has 1 rings (SSSR count). The number of halogens is 6. The van der Waals surface area contributed by atoms with Gasteiger partial charge in [0.2, 0.25) is 6.33 Å². The van der Waals surface area contributed by atoms with E-state index in [4.69, 9.17) is 19.2 Å². The van der Waals surface area contributed by atoms with Crippen LogP contribution in [-0.2, 0) is 20.0 Å². The van der Waals surface area contributed by atoms with Gasteiger partial charge in [0.25, 0.3) is 0 Å². The number of hydrogen-bond acceptors (Lipinski definition) is 4. The number of hydrogen-bond donors (Lipinski definition) is 0. The Kier molecular flexibility index (Phi) is 3.04. The van der Waals surface area contributed by atoms with Crippen LogP contribution in [0.2, 0.25) is 0 Å². The Morgan fingerprint density at radius 1 is 1.00 bits per heavy atom. The van der Waals surface area contributed by atoms with Crippen LogP contribution in [-0.4, -0.2) is 32.4 Å². The van der Waals surface area contributed by atoms with Gasteiger partial charge in [0.1, 0.15) is 12.4 Å². The number of alkyl halides is 6. The summed E-state index contributed by atoms with van der Waals surface area (Å²) in [5, 5.41) is 0. The highest BCUT2D eigenvalue weighted by Gasteiger charge is 2.46. The van der Waals surface area contributed by atoms with Crippen molar-refractivity contribution in [3.05, 3.63) is 22.8 Å². The van der Waals surface area contributed by atoms with Gasteiger partial charge in [0, 0.05) is 16.4 Å². The van der Waals surface area contributed by atoms with Crippen molar-refractivity contribution in [2.45, 2.75) is 50.5 Å². The molecular weight excluding hydrogens is 416 g/mol. The summed E-state index contributed by atoms with van der Waals surface area (Å²) in [5.74, 6) is 0. The van der Waals surface area contributed by atoms with Gasteiger partial charge in [0.05, 0.1) is 14.8 Å². The molecule has 0 amide bonds. The first-order chi connectivity index (χ1) is 16.9. The zero-order chi connectivity index (χ0) is 33.0. The Bertz CT molecular complexity index is 1140. The molecule has 15 heteroatoms. The summed E-state index contributed by atoms with van der Waals surface area (Å²) in [5.41, 5.74) is -12.4. The van der Waals surface area contributed by atoms with E-state index in [0.717, 1.165) is 16.5 Å². The van der Waals surface area contributed by atoms with Gasteiger partial charge < -0.3 is 4.13 Å². The molecule has 7 nitrogen and oxygen atoms in total. The quantitative estimate of drug-likeness (QED) is 0.524. The molecule has 154 valence electrons. The second-order valence-corrected chi connectivity index (χ2v) is 7.26. The van der Waals surface area contributed by atoms with Crippen molar-refractivity contribution in [1.82, 2.24) is 4.57 Å². The summed E-state index contributed by atoms with van der Waals surface area (Å²) in [6, 6.07) is -6.40. The molecular formula is C11H17F6N3O4S2. The molecule has 0 atom stereocenters. The second kappa shape index (κ2) is 8.12. The largest absolute Gasteiger partial charge is 0.480 e. The van der Waals surface area contributed by atoms with Gasteiger partial charge in [-0.1, -0.05) is 0 Å². The maximum absolute atomic E-state index is 11.4. The standard InChI is InChI=1S/C9H17N2.C2F6NO4S2/c1-8(2)10-5-6-11(7-10)9(3)4;3-1(4,5)14(10,11)9-15(12,13)2(6,7)8/h5-9H,1-4H3;/q+1;-1/i1D3,2D3,3D3,4D3,8D,9D;. The molecule has 1 aromatic heterocycles. The van der Waals surface area contributed by atoms with Crippen LogP contribution < -0.4 is 4.57 Å². The first kappa shape index (κ1) is 9.73. The summed E-state index contributed by atoms with van der Waals surface area (Å²) in [4.78, 5) is 0. The van der Waals surface area contributed by atoms with Crippen LogP contribution in [0, 0.1) is 0 Å². The van der Waals surface area contributed by atoms with Crippen molar-refractivity contribution in [3.63, 3.8) is 0 Å². The Labute approximate surface area is 166 Å². The zero-order valence-electron chi connectivity index (χ0n) is 25.8. The summed E-state index contributed by atoms with van der Waals surface area (Å²) in [6.07, 6.45) is 2.05. The van der Waals surface area contributed by atoms with Gasteiger partial charge >= 0.3 is 11.0 Å². The highest BCUT2D eigenvalue weighted by atomic mass is 32.3. The lowest BCUT2D eigenvalue weighted by Gasteiger charge is -2.22. The molecule has 0 radical (unpaired) electrons. The van der Waals surface area contributed by atoms with Crippen molar-refractivity contribution < 1.29 is 66.9 Å². The smallest absolute Gasteiger partial charge is 0.421 e. The lowest BCUT2D eigenvalue weighted by Crippen LogP contribution is -2.33. The first-order valence-corrected chi connectivity index (χ1v) is 8.27. The predicted molar refractivity (Wildman–Crippen MR) is 78.7 cm³/mol. The average Bonchev–Trinajstić information content (AvgIpc) is 3.11. The lowest BCUT2D eigenvalue weighted by atomic mass is 10.4. The van der Waals surface area contributed by atoms with E-state index >= 15 is 0 Å². The summed E-state index contributed by atoms with van der Waals surface area (Å²) >= 11 is 0. The maximum Gasteiger partial charge on any atom is 0.480 e. The minimum Gasteiger partial charge on any atom is -0.421 e. The second-order valence-electron chi connectivity index (χ2n) is 3.84. The topological polar surface area (TPSA) is 91.2 Å². The number of aromatic nitrogens is 2. The van der Waals surface area contributed by atoms with E-state index in [-0.39, 0.29) is 0 Å². The Hall–Kier alpha value is -1.35. The average molecular weight is 447 g/mol. The third-order valence-electron chi connectivity index (χ3n) is 1.93. The van der Waals surface area contributed by atoms with E-state index in [2.05, 4.69) is 0 Å². The molecule has 0 saturated heterocycles. The van der Waals surface area contributed by atoms with Crippen LogP contribution in [0.3, 0.4) is 0 Å². The molecule has 0 aromatic carbocycles. The Morgan fingerprint density at radius 2 is 1.46 bits per heavy atom. The molecule has 0 aliphatic rings. The fourth-order valence-corrected chi connectivity index (χ4v) is 2.54. The molecule has 0 fully saturated rings. The van der Waals surface area contributed by atoms with Crippen LogP contribution in [0.4, 0.5) is 26.3 Å². The van der Waals surface area contributed by atoms with Crippen LogP contribution in [0.25, 0.3) is 4.13 Å². The molecule has 1 aromatic rings. The fraction of sp³-hybridized carbons (Fsp3) is 0.727. The molecule has 0 N–H and O–H groups in total. The fourth-order valence-electron chi connectivity index (χ4n) is 0.833. The first-order valence-electron chi connectivity index (χ1n) is 12.4. The van der Waals surface area contributed by atoms with Crippen LogP contribution in [0.1, 0.15) is 58.6 Å². The molecule has 0 spiro atoms. The van der Waals surface area contributed by atoms with Crippen LogP contribution in [0.15, 0.2) is 18.7 Å². The number of imidazole rings is 1. The molecule has 0 aliphatic carbocycles. The molecule has 0 saturated carbocycles. The van der Waals surface area contributed by atoms with Crippen molar-refractivity contribution in [2.75, 3.05) is 0 Å². The van der Waals surface area contributed by atoms with Crippen molar-refractivity contribution in [3.8, 4) is 0 Å². The molecule has 0 bridgehead atoms. The Morgan fingerprint density at radius 3 is 1.81 bits per heavy atom. The summed E-state index contributed by atoms with van der Waals surface area (Å²) in [6.45, 7) is -13.4. The van der Waals surface area contributed by atoms with Crippen molar-refractivity contribution in [2.24, 2.45) is 0 Å². The SMILES string of the molecule is O=S(=O)([N-]S(=O)(=O)C(F)(F)F)C(F)(F)F.[2H]C([2H])([2H])C([2H])(n1cc[n+](C([2H])(C([2H])([2H])[2H])C([2H])([2H])[2H])c1)C([2H])([2H])[2H]. The van der Waals surface area contributed by atoms with E-state index < -0.39 is 70.5 Å². The van der Waals surface area contributed by atoms with Gasteiger partial charge in [-0.3, -0.25) is 0 Å². The number of rotatable bonds is 4. The minimum absolute atomic E-state index is 0.383. The van der Waals surface area contributed by atoms with E-state index in [0.29, 0.717) is 15.5 Å². The van der Waals surface area contributed by atoms with Gasteiger partial charge in [-0.05, 0) is 27.4 Å².